The summed E-state index contributed by atoms with van der Waals surface area (Å²) in [4.78, 5) is 24.5. The van der Waals surface area contributed by atoms with Crippen molar-refractivity contribution in [3.8, 4) is 0 Å². The number of rotatable bonds is 7. The van der Waals surface area contributed by atoms with E-state index in [1.54, 1.807) is 0 Å². The van der Waals surface area contributed by atoms with E-state index >= 15 is 0 Å². The third-order valence-electron chi connectivity index (χ3n) is 1.67. The van der Waals surface area contributed by atoms with Gasteiger partial charge in [0.15, 0.2) is 0 Å². The molecule has 0 saturated heterocycles. The summed E-state index contributed by atoms with van der Waals surface area (Å²) in [7, 11) is 0. The fourth-order valence-electron chi connectivity index (χ4n) is 0.988. The van der Waals surface area contributed by atoms with Gasteiger partial charge >= 0.3 is 5.97 Å². The summed E-state index contributed by atoms with van der Waals surface area (Å²) in [5.41, 5.74) is 0. The molecule has 0 saturated carbocycles. The second kappa shape index (κ2) is 8.94. The second-order valence-corrected chi connectivity index (χ2v) is 2.81. The van der Waals surface area contributed by atoms with Gasteiger partial charge in [0, 0.05) is 11.6 Å². The maximum Gasteiger partial charge on any atom is 0.336 e. The Morgan fingerprint density at radius 2 is 2.00 bits per heavy atom. The van der Waals surface area contributed by atoms with E-state index in [1.807, 2.05) is 0 Å². The highest BCUT2D eigenvalue weighted by Crippen LogP contribution is 2.05. The number of carbonyl (C=O) groups is 1. The number of nitrogens with zero attached hydrogens (tertiary/aromatic N) is 1. The van der Waals surface area contributed by atoms with Crippen LogP contribution in [0.2, 0.25) is 0 Å². The first-order valence-electron chi connectivity index (χ1n) is 4.58. The van der Waals surface area contributed by atoms with Crippen LogP contribution in [0.15, 0.2) is 5.16 Å². The van der Waals surface area contributed by atoms with Crippen LogP contribution in [-0.4, -0.2) is 12.0 Å². The highest BCUT2D eigenvalue weighted by molar-refractivity contribution is 5.69. The van der Waals surface area contributed by atoms with E-state index in [9.17, 15) is 9.59 Å². The van der Waals surface area contributed by atoms with Crippen LogP contribution in [0.5, 0.6) is 0 Å². The molecule has 4 heteroatoms. The Balaban J connectivity index is 3.21. The largest absolute Gasteiger partial charge is 0.336 e. The zero-order chi connectivity index (χ0) is 9.94. The van der Waals surface area contributed by atoms with Crippen LogP contribution in [0.4, 0.5) is 0 Å². The highest BCUT2D eigenvalue weighted by Gasteiger charge is 2.01. The first kappa shape index (κ1) is 11.8. The van der Waals surface area contributed by atoms with Gasteiger partial charge in [-0.2, -0.15) is 0 Å². The zero-order valence-corrected chi connectivity index (χ0v) is 7.91. The molecule has 4 nitrogen and oxygen atoms in total. The quantitative estimate of drug-likeness (QED) is 0.201. The van der Waals surface area contributed by atoms with Crippen LogP contribution in [-0.2, 0) is 14.4 Å². The Bertz CT molecular complexity index is 185. The number of carbonyl (C=O) groups excluding carboxylic acids is 2. The van der Waals surface area contributed by atoms with Crippen molar-refractivity contribution in [2.75, 3.05) is 0 Å². The molecule has 0 amide bonds. The number of isocyanates is 1. The van der Waals surface area contributed by atoms with Gasteiger partial charge in [-0.25, -0.2) is 9.59 Å². The molecule has 0 aliphatic rings. The van der Waals surface area contributed by atoms with E-state index in [0.717, 1.165) is 25.3 Å². The molecule has 0 heterocycles. The van der Waals surface area contributed by atoms with Crippen LogP contribution in [0.1, 0.15) is 45.4 Å². The molecule has 0 aromatic heterocycles. The van der Waals surface area contributed by atoms with E-state index < -0.39 is 5.97 Å². The van der Waals surface area contributed by atoms with Gasteiger partial charge in [-0.1, -0.05) is 32.6 Å². The third kappa shape index (κ3) is 8.76. The van der Waals surface area contributed by atoms with Gasteiger partial charge in [-0.15, -0.1) is 0 Å². The van der Waals surface area contributed by atoms with E-state index in [0.29, 0.717) is 6.42 Å². The van der Waals surface area contributed by atoms with Crippen molar-refractivity contribution < 1.29 is 14.4 Å². The molecule has 0 radical (unpaired) electrons. The molecule has 0 aromatic rings. The second-order valence-electron chi connectivity index (χ2n) is 2.81. The molecule has 0 spiro atoms. The summed E-state index contributed by atoms with van der Waals surface area (Å²) in [6.07, 6.45) is 6.81. The lowest BCUT2D eigenvalue weighted by molar-refractivity contribution is -0.143. The summed E-state index contributed by atoms with van der Waals surface area (Å²) >= 11 is 0. The number of hydrogen-bond acceptors (Lipinski definition) is 4. The van der Waals surface area contributed by atoms with Gasteiger partial charge in [0.2, 0.25) is 0 Å². The topological polar surface area (TPSA) is 55.7 Å². The van der Waals surface area contributed by atoms with Crippen molar-refractivity contribution in [1.82, 2.24) is 0 Å². The van der Waals surface area contributed by atoms with Crippen LogP contribution in [0, 0.1) is 0 Å². The van der Waals surface area contributed by atoms with Crippen molar-refractivity contribution in [2.24, 2.45) is 5.16 Å². The Kier molecular flexibility index (Phi) is 8.15. The minimum Gasteiger partial charge on any atom is -0.307 e. The van der Waals surface area contributed by atoms with Crippen molar-refractivity contribution in [3.63, 3.8) is 0 Å². The van der Waals surface area contributed by atoms with Gasteiger partial charge < -0.3 is 4.84 Å². The van der Waals surface area contributed by atoms with E-state index in [2.05, 4.69) is 16.9 Å². The molecule has 0 atom stereocenters. The van der Waals surface area contributed by atoms with Gasteiger partial charge in [-0.3, -0.25) is 0 Å². The van der Waals surface area contributed by atoms with E-state index in [4.69, 9.17) is 0 Å². The maximum atomic E-state index is 10.7. The smallest absolute Gasteiger partial charge is 0.307 e. The SMILES string of the molecule is CCCCCCCC(=O)ON=C=O. The summed E-state index contributed by atoms with van der Waals surface area (Å²) in [5, 5.41) is 2.73. The normalized spacial score (nSPS) is 9.00. The van der Waals surface area contributed by atoms with Crippen LogP contribution >= 0.6 is 0 Å². The fraction of sp³-hybridized carbons (Fsp3) is 0.778. The molecule has 0 fully saturated rings. The van der Waals surface area contributed by atoms with Crippen LogP contribution < -0.4 is 0 Å². The monoisotopic (exact) mass is 185 g/mol. The van der Waals surface area contributed by atoms with Crippen LogP contribution in [0.25, 0.3) is 0 Å². The molecule has 0 unspecified atom stereocenters. The lowest BCUT2D eigenvalue weighted by atomic mass is 10.1. The van der Waals surface area contributed by atoms with Crippen molar-refractivity contribution >= 4 is 12.0 Å². The van der Waals surface area contributed by atoms with Gasteiger partial charge in [0.05, 0.1) is 0 Å². The maximum absolute atomic E-state index is 10.7. The summed E-state index contributed by atoms with van der Waals surface area (Å²) in [5.74, 6) is -0.458. The molecule has 0 rings (SSSR count). The predicted octanol–water partition coefficient (Wildman–Crippen LogP) is 2.14. The Labute approximate surface area is 77.9 Å². The average Bonchev–Trinajstić information content (AvgIpc) is 2.14. The van der Waals surface area contributed by atoms with E-state index in [1.165, 1.54) is 12.8 Å². The minimum absolute atomic E-state index is 0.328. The van der Waals surface area contributed by atoms with Crippen molar-refractivity contribution in [2.45, 2.75) is 45.4 Å². The first-order chi connectivity index (χ1) is 6.31. The van der Waals surface area contributed by atoms with Gasteiger partial charge in [0.1, 0.15) is 0 Å². The molecule has 13 heavy (non-hydrogen) atoms. The molecule has 0 aromatic carbocycles. The number of unbranched alkanes of at least 4 members (excludes halogenated alkanes) is 4. The van der Waals surface area contributed by atoms with Gasteiger partial charge in [-0.05, 0) is 6.42 Å². The standard InChI is InChI=1S/C9H15NO3/c1-2-3-4-5-6-7-9(12)13-10-8-11/h2-7H2,1H3. The molecule has 0 aliphatic carbocycles. The van der Waals surface area contributed by atoms with E-state index in [-0.39, 0.29) is 0 Å². The fourth-order valence-corrected chi connectivity index (χ4v) is 0.988. The van der Waals surface area contributed by atoms with Gasteiger partial charge in [0.25, 0.3) is 6.08 Å². The molecular weight excluding hydrogens is 170 g/mol. The minimum atomic E-state index is -0.458. The van der Waals surface area contributed by atoms with Crippen molar-refractivity contribution in [3.05, 3.63) is 0 Å². The van der Waals surface area contributed by atoms with Crippen LogP contribution in [0.3, 0.4) is 0 Å². The first-order valence-corrected chi connectivity index (χ1v) is 4.58. The highest BCUT2D eigenvalue weighted by atomic mass is 16.7. The Morgan fingerprint density at radius 1 is 1.31 bits per heavy atom. The molecule has 0 bridgehead atoms. The Morgan fingerprint density at radius 3 is 2.62 bits per heavy atom. The molecular formula is C9H15NO3. The lowest BCUT2D eigenvalue weighted by Gasteiger charge is -1.97. The Hall–Kier alpha value is -1.15. The summed E-state index contributed by atoms with van der Waals surface area (Å²) in [6.45, 7) is 2.13. The molecule has 74 valence electrons. The molecule has 0 N–H and O–H groups in total. The third-order valence-corrected chi connectivity index (χ3v) is 1.67. The molecule has 0 aliphatic heterocycles. The lowest BCUT2D eigenvalue weighted by Crippen LogP contribution is -1.98. The predicted molar refractivity (Wildman–Crippen MR) is 47.6 cm³/mol. The summed E-state index contributed by atoms with van der Waals surface area (Å²) in [6, 6.07) is 0. The number of hydrogen-bond donors (Lipinski definition) is 0. The average molecular weight is 185 g/mol. The van der Waals surface area contributed by atoms with Crippen molar-refractivity contribution in [1.29, 1.82) is 0 Å². The zero-order valence-electron chi connectivity index (χ0n) is 7.91. The summed E-state index contributed by atoms with van der Waals surface area (Å²) < 4.78 is 0.